The van der Waals surface area contributed by atoms with Gasteiger partial charge in [-0.1, -0.05) is 16.2 Å². The molecule has 0 bridgehead atoms. The summed E-state index contributed by atoms with van der Waals surface area (Å²) < 4.78 is 22.2. The maximum Gasteiger partial charge on any atom is 0.108 e. The number of terminal acetylenes is 1. The number of hydrogen-bond donors (Lipinski definition) is 2. The number of aromatic nitrogens is 3. The molecule has 0 saturated carbocycles. The standard InChI is InChI=1S/C9H16N4O2.C6H8O2.C3H8N4/c10-2-1-3-13-4-8(11-12-13)5-15-9-6-14-7-9;1-2-3-8-6-4-7-5-6;4-2-1-3-6-7-5/h4,9H,1-3,5-7,10H2;1,6H,3-5H2;1-4H2. The van der Waals surface area contributed by atoms with Crippen LogP contribution in [0.1, 0.15) is 18.5 Å². The molecule has 4 N–H and O–H groups in total. The van der Waals surface area contributed by atoms with Crippen LogP contribution in [0.3, 0.4) is 0 Å². The Bertz CT molecular complexity index is 636. The number of ether oxygens (including phenoxy) is 4. The van der Waals surface area contributed by atoms with Gasteiger partial charge < -0.3 is 30.4 Å². The number of aryl methyl sites for hydroxylation is 1. The molecule has 0 amide bonds. The summed E-state index contributed by atoms with van der Waals surface area (Å²) >= 11 is 0. The molecule has 0 spiro atoms. The fraction of sp³-hybridized carbons (Fsp3) is 0.778. The van der Waals surface area contributed by atoms with Crippen LogP contribution in [-0.2, 0) is 32.1 Å². The van der Waals surface area contributed by atoms with E-state index in [0.29, 0.717) is 59.3 Å². The lowest BCUT2D eigenvalue weighted by atomic mass is 10.3. The number of rotatable bonds is 11. The van der Waals surface area contributed by atoms with E-state index in [9.17, 15) is 0 Å². The van der Waals surface area contributed by atoms with Gasteiger partial charge in [-0.3, -0.25) is 4.68 Å². The van der Waals surface area contributed by atoms with Crippen LogP contribution in [-0.4, -0.2) is 79.9 Å². The van der Waals surface area contributed by atoms with E-state index in [0.717, 1.165) is 25.1 Å². The van der Waals surface area contributed by atoms with Crippen LogP contribution in [0.4, 0.5) is 0 Å². The van der Waals surface area contributed by atoms with E-state index < -0.39 is 0 Å². The van der Waals surface area contributed by atoms with Crippen molar-refractivity contribution in [1.29, 1.82) is 0 Å². The van der Waals surface area contributed by atoms with E-state index in [4.69, 9.17) is 42.4 Å². The summed E-state index contributed by atoms with van der Waals surface area (Å²) in [7, 11) is 0. The third-order valence-corrected chi connectivity index (χ3v) is 3.79. The molecule has 3 rings (SSSR count). The van der Waals surface area contributed by atoms with Crippen LogP contribution in [0.5, 0.6) is 0 Å². The quantitative estimate of drug-likeness (QED) is 0.167. The minimum Gasteiger partial charge on any atom is -0.376 e. The molecule has 2 aliphatic rings. The summed E-state index contributed by atoms with van der Waals surface area (Å²) in [6.45, 7) is 6.34. The molecule has 2 saturated heterocycles. The van der Waals surface area contributed by atoms with Gasteiger partial charge >= 0.3 is 0 Å². The van der Waals surface area contributed by atoms with Crippen molar-refractivity contribution in [2.45, 2.75) is 38.2 Å². The molecule has 12 heteroatoms. The van der Waals surface area contributed by atoms with Crippen molar-refractivity contribution in [3.63, 3.8) is 0 Å². The predicted octanol–water partition coefficient (Wildman–Crippen LogP) is 0.223. The Balaban J connectivity index is 0.000000254. The van der Waals surface area contributed by atoms with Gasteiger partial charge in [0.05, 0.1) is 39.2 Å². The maximum atomic E-state index is 7.71. The molecule has 0 radical (unpaired) electrons. The molecule has 168 valence electrons. The summed E-state index contributed by atoms with van der Waals surface area (Å²) in [6.07, 6.45) is 9.04. The van der Waals surface area contributed by atoms with Crippen LogP contribution in [0.2, 0.25) is 0 Å². The van der Waals surface area contributed by atoms with E-state index in [1.54, 1.807) is 4.68 Å². The smallest absolute Gasteiger partial charge is 0.108 e. The molecule has 30 heavy (non-hydrogen) atoms. The largest absolute Gasteiger partial charge is 0.376 e. The molecule has 3 heterocycles. The van der Waals surface area contributed by atoms with Crippen molar-refractivity contribution in [2.24, 2.45) is 16.6 Å². The van der Waals surface area contributed by atoms with Gasteiger partial charge in [0.2, 0.25) is 0 Å². The van der Waals surface area contributed by atoms with Crippen LogP contribution >= 0.6 is 0 Å². The van der Waals surface area contributed by atoms with Gasteiger partial charge in [0, 0.05) is 18.0 Å². The highest BCUT2D eigenvalue weighted by molar-refractivity contribution is 4.90. The molecule has 1 aromatic rings. The van der Waals surface area contributed by atoms with Crippen molar-refractivity contribution in [3.8, 4) is 12.3 Å². The Kier molecular flexibility index (Phi) is 15.2. The third-order valence-electron chi connectivity index (χ3n) is 3.79. The molecular formula is C18H32N8O4. The predicted molar refractivity (Wildman–Crippen MR) is 110 cm³/mol. The molecule has 0 aliphatic carbocycles. The van der Waals surface area contributed by atoms with E-state index in [2.05, 4.69) is 26.3 Å². The number of hydrogen-bond acceptors (Lipinski definition) is 9. The average molecular weight is 425 g/mol. The Morgan fingerprint density at radius 3 is 2.40 bits per heavy atom. The summed E-state index contributed by atoms with van der Waals surface area (Å²) in [6, 6.07) is 0. The second-order valence-electron chi connectivity index (χ2n) is 6.36. The zero-order valence-corrected chi connectivity index (χ0v) is 17.3. The molecular weight excluding hydrogens is 392 g/mol. The molecule has 1 aromatic heterocycles. The molecule has 0 unspecified atom stereocenters. The Morgan fingerprint density at radius 2 is 1.87 bits per heavy atom. The Morgan fingerprint density at radius 1 is 1.20 bits per heavy atom. The van der Waals surface area contributed by atoms with E-state index >= 15 is 0 Å². The van der Waals surface area contributed by atoms with Gasteiger partial charge in [0.1, 0.15) is 24.5 Å². The van der Waals surface area contributed by atoms with Crippen LogP contribution in [0.25, 0.3) is 10.4 Å². The van der Waals surface area contributed by atoms with Crippen LogP contribution < -0.4 is 11.5 Å². The van der Waals surface area contributed by atoms with Crippen molar-refractivity contribution in [3.05, 3.63) is 22.3 Å². The average Bonchev–Trinajstić information content (AvgIpc) is 3.13. The van der Waals surface area contributed by atoms with Crippen molar-refractivity contribution < 1.29 is 18.9 Å². The SMILES string of the molecule is C#CCOC1COC1.NCCCn1cc(COC2COC2)nn1.[N-]=[N+]=NCCCN. The second-order valence-corrected chi connectivity index (χ2v) is 6.36. The third kappa shape index (κ3) is 12.4. The summed E-state index contributed by atoms with van der Waals surface area (Å²) in [5.74, 6) is 2.39. The fourth-order valence-corrected chi connectivity index (χ4v) is 1.96. The lowest BCUT2D eigenvalue weighted by Crippen LogP contribution is -2.36. The second kappa shape index (κ2) is 17.6. The minimum absolute atomic E-state index is 0.235. The first kappa shape index (κ1) is 25.8. The van der Waals surface area contributed by atoms with Crippen molar-refractivity contribution in [1.82, 2.24) is 15.0 Å². The van der Waals surface area contributed by atoms with Crippen molar-refractivity contribution >= 4 is 0 Å². The lowest BCUT2D eigenvalue weighted by molar-refractivity contribution is -0.135. The fourth-order valence-electron chi connectivity index (χ4n) is 1.96. The van der Waals surface area contributed by atoms with Gasteiger partial charge in [-0.15, -0.1) is 11.5 Å². The zero-order chi connectivity index (χ0) is 21.9. The highest BCUT2D eigenvalue weighted by Crippen LogP contribution is 2.08. The Labute approximate surface area is 176 Å². The molecule has 2 aliphatic heterocycles. The van der Waals surface area contributed by atoms with Crippen LogP contribution in [0.15, 0.2) is 11.3 Å². The summed E-state index contributed by atoms with van der Waals surface area (Å²) in [5, 5.41) is 11.2. The zero-order valence-electron chi connectivity index (χ0n) is 17.3. The monoisotopic (exact) mass is 424 g/mol. The topological polar surface area (TPSA) is 168 Å². The number of nitrogens with two attached hydrogens (primary N) is 2. The lowest BCUT2D eigenvalue weighted by Gasteiger charge is -2.25. The summed E-state index contributed by atoms with van der Waals surface area (Å²) in [4.78, 5) is 2.54. The van der Waals surface area contributed by atoms with Crippen molar-refractivity contribution in [2.75, 3.05) is 52.7 Å². The van der Waals surface area contributed by atoms with Gasteiger partial charge in [0.25, 0.3) is 0 Å². The van der Waals surface area contributed by atoms with E-state index in [-0.39, 0.29) is 12.2 Å². The van der Waals surface area contributed by atoms with Crippen LogP contribution in [0, 0.1) is 12.3 Å². The first-order chi connectivity index (χ1) is 14.7. The minimum atomic E-state index is 0.235. The molecule has 2 fully saturated rings. The maximum absolute atomic E-state index is 7.71. The van der Waals surface area contributed by atoms with E-state index in [1.807, 2.05) is 6.20 Å². The van der Waals surface area contributed by atoms with Gasteiger partial charge in [-0.2, -0.15) is 0 Å². The van der Waals surface area contributed by atoms with Gasteiger partial charge in [0.15, 0.2) is 0 Å². The Hall–Kier alpha value is -2.23. The first-order valence-corrected chi connectivity index (χ1v) is 9.85. The first-order valence-electron chi connectivity index (χ1n) is 9.85. The number of azide groups is 1. The molecule has 0 aromatic carbocycles. The summed E-state index contributed by atoms with van der Waals surface area (Å²) in [5.41, 5.74) is 19.1. The molecule has 0 atom stereocenters. The van der Waals surface area contributed by atoms with E-state index in [1.165, 1.54) is 0 Å². The highest BCUT2D eigenvalue weighted by atomic mass is 16.6. The van der Waals surface area contributed by atoms with Gasteiger partial charge in [-0.05, 0) is 31.5 Å². The highest BCUT2D eigenvalue weighted by Gasteiger charge is 2.19. The normalized spacial score (nSPS) is 15.2. The number of nitrogens with zero attached hydrogens (tertiary/aromatic N) is 6. The van der Waals surface area contributed by atoms with Gasteiger partial charge in [-0.25, -0.2) is 0 Å². The molecule has 12 nitrogen and oxygen atoms in total.